The van der Waals surface area contributed by atoms with E-state index in [1.807, 2.05) is 0 Å². The highest BCUT2D eigenvalue weighted by molar-refractivity contribution is 7.98. The number of halogens is 1. The second-order valence-electron chi connectivity index (χ2n) is 4.11. The molecule has 0 saturated heterocycles. The molecule has 2 N–H and O–H groups in total. The molecular formula is C12H13FN2O5S. The number of aliphatic carboxylic acids is 1. The van der Waals surface area contributed by atoms with Crippen molar-refractivity contribution in [3.05, 3.63) is 39.7 Å². The predicted molar refractivity (Wildman–Crippen MR) is 74.5 cm³/mol. The van der Waals surface area contributed by atoms with Crippen LogP contribution in [0.15, 0.2) is 18.2 Å². The number of benzene rings is 1. The topological polar surface area (TPSA) is 110 Å². The monoisotopic (exact) mass is 316 g/mol. The highest BCUT2D eigenvalue weighted by Crippen LogP contribution is 2.23. The van der Waals surface area contributed by atoms with E-state index in [1.165, 1.54) is 19.1 Å². The predicted octanol–water partition coefficient (Wildman–Crippen LogP) is 1.56. The minimum absolute atomic E-state index is 0.0248. The van der Waals surface area contributed by atoms with Gasteiger partial charge >= 0.3 is 11.7 Å². The summed E-state index contributed by atoms with van der Waals surface area (Å²) < 4.78 is 13.8. The van der Waals surface area contributed by atoms with Crippen molar-refractivity contribution in [3.8, 4) is 0 Å². The van der Waals surface area contributed by atoms with Gasteiger partial charge in [0.2, 0.25) is 11.7 Å². The quantitative estimate of drug-likeness (QED) is 0.583. The molecule has 1 amide bonds. The first-order chi connectivity index (χ1) is 9.82. The van der Waals surface area contributed by atoms with Crippen LogP contribution in [0.5, 0.6) is 0 Å². The van der Waals surface area contributed by atoms with E-state index in [0.717, 1.165) is 17.8 Å². The molecule has 0 aliphatic carbocycles. The Balaban J connectivity index is 2.67. The van der Waals surface area contributed by atoms with Gasteiger partial charge in [-0.3, -0.25) is 14.9 Å². The van der Waals surface area contributed by atoms with Gasteiger partial charge in [0, 0.05) is 30.1 Å². The summed E-state index contributed by atoms with van der Waals surface area (Å²) in [5, 5.41) is 21.7. The van der Waals surface area contributed by atoms with Crippen LogP contribution in [0.2, 0.25) is 0 Å². The van der Waals surface area contributed by atoms with E-state index in [1.54, 1.807) is 0 Å². The lowest BCUT2D eigenvalue weighted by molar-refractivity contribution is -0.387. The molecule has 1 aromatic rings. The second kappa shape index (κ2) is 7.58. The van der Waals surface area contributed by atoms with Gasteiger partial charge in [-0.05, 0) is 0 Å². The SMILES string of the molecule is CC(=O)N[C@@H](CSCc1cccc([N+](=O)[O-])c1F)C(=O)O. The molecular weight excluding hydrogens is 303 g/mol. The number of carboxylic acid groups (broad SMARTS) is 1. The molecule has 9 heteroatoms. The molecule has 0 bridgehead atoms. The van der Waals surface area contributed by atoms with Crippen LogP contribution in [-0.4, -0.2) is 33.7 Å². The summed E-state index contributed by atoms with van der Waals surface area (Å²) >= 11 is 1.06. The number of hydrogen-bond acceptors (Lipinski definition) is 5. The third kappa shape index (κ3) is 5.03. The average Bonchev–Trinajstić information content (AvgIpc) is 2.38. The molecule has 0 aliphatic heterocycles. The van der Waals surface area contributed by atoms with Gasteiger partial charge in [0.15, 0.2) is 0 Å². The number of thioether (sulfide) groups is 1. The van der Waals surface area contributed by atoms with E-state index in [9.17, 15) is 24.1 Å². The molecule has 0 saturated carbocycles. The number of hydrogen-bond donors (Lipinski definition) is 2. The minimum atomic E-state index is -1.20. The van der Waals surface area contributed by atoms with Gasteiger partial charge in [0.05, 0.1) is 4.92 Å². The van der Waals surface area contributed by atoms with Crippen LogP contribution in [0.25, 0.3) is 0 Å². The largest absolute Gasteiger partial charge is 0.480 e. The van der Waals surface area contributed by atoms with Crippen LogP contribution in [0, 0.1) is 15.9 Å². The third-order valence-electron chi connectivity index (χ3n) is 2.47. The molecule has 0 radical (unpaired) electrons. The highest BCUT2D eigenvalue weighted by Gasteiger charge is 2.20. The number of carbonyl (C=O) groups excluding carboxylic acids is 1. The highest BCUT2D eigenvalue weighted by atomic mass is 32.2. The van der Waals surface area contributed by atoms with Crippen molar-refractivity contribution < 1.29 is 24.0 Å². The standard InChI is InChI=1S/C12H13FN2O5S/c1-7(16)14-9(12(17)18)6-21-5-8-3-2-4-10(11(8)13)15(19)20/h2-4,9H,5-6H2,1H3,(H,14,16)(H,17,18)/t9-/m0/s1. The lowest BCUT2D eigenvalue weighted by Crippen LogP contribution is -2.41. The zero-order valence-electron chi connectivity index (χ0n) is 11.0. The molecule has 0 heterocycles. The Morgan fingerprint density at radius 2 is 2.19 bits per heavy atom. The summed E-state index contributed by atoms with van der Waals surface area (Å²) in [5.74, 6) is -2.52. The molecule has 0 unspecified atom stereocenters. The van der Waals surface area contributed by atoms with E-state index in [4.69, 9.17) is 5.11 Å². The number of carboxylic acids is 1. The summed E-state index contributed by atoms with van der Waals surface area (Å²) in [4.78, 5) is 31.5. The number of nitro groups is 1. The lowest BCUT2D eigenvalue weighted by Gasteiger charge is -2.12. The van der Waals surface area contributed by atoms with Gasteiger partial charge < -0.3 is 10.4 Å². The fourth-order valence-corrected chi connectivity index (χ4v) is 2.55. The van der Waals surface area contributed by atoms with E-state index >= 15 is 0 Å². The Hall–Kier alpha value is -2.16. The number of nitrogens with one attached hydrogen (secondary N) is 1. The van der Waals surface area contributed by atoms with Crippen molar-refractivity contribution in [3.63, 3.8) is 0 Å². The van der Waals surface area contributed by atoms with Gasteiger partial charge in [0.25, 0.3) is 0 Å². The Kier molecular flexibility index (Phi) is 6.10. The van der Waals surface area contributed by atoms with Crippen LogP contribution < -0.4 is 5.32 Å². The number of amides is 1. The first kappa shape index (κ1) is 16.9. The van der Waals surface area contributed by atoms with Crippen LogP contribution in [0.1, 0.15) is 12.5 Å². The van der Waals surface area contributed by atoms with Crippen LogP contribution >= 0.6 is 11.8 Å². The van der Waals surface area contributed by atoms with E-state index in [2.05, 4.69) is 5.32 Å². The zero-order valence-corrected chi connectivity index (χ0v) is 11.9. The van der Waals surface area contributed by atoms with E-state index in [0.29, 0.717) is 0 Å². The van der Waals surface area contributed by atoms with E-state index < -0.39 is 34.3 Å². The maximum Gasteiger partial charge on any atom is 0.327 e. The molecule has 7 nitrogen and oxygen atoms in total. The summed E-state index contributed by atoms with van der Waals surface area (Å²) in [6, 6.07) is 2.72. The zero-order chi connectivity index (χ0) is 16.0. The van der Waals surface area contributed by atoms with Gasteiger partial charge in [0.1, 0.15) is 6.04 Å². The van der Waals surface area contributed by atoms with Crippen molar-refractivity contribution in [1.29, 1.82) is 0 Å². The maximum atomic E-state index is 13.8. The van der Waals surface area contributed by atoms with Crippen molar-refractivity contribution >= 4 is 29.3 Å². The Labute approximate surface area is 123 Å². The van der Waals surface area contributed by atoms with Crippen molar-refractivity contribution in [2.75, 3.05) is 5.75 Å². The van der Waals surface area contributed by atoms with Gasteiger partial charge in [-0.25, -0.2) is 4.79 Å². The molecule has 114 valence electrons. The second-order valence-corrected chi connectivity index (χ2v) is 5.14. The minimum Gasteiger partial charge on any atom is -0.480 e. The number of rotatable bonds is 7. The van der Waals surface area contributed by atoms with E-state index in [-0.39, 0.29) is 17.1 Å². The molecule has 1 atom stereocenters. The summed E-state index contributed by atoms with van der Waals surface area (Å²) in [6.07, 6.45) is 0. The average molecular weight is 316 g/mol. The van der Waals surface area contributed by atoms with Crippen molar-refractivity contribution in [1.82, 2.24) is 5.32 Å². The number of nitro benzene ring substituents is 1. The summed E-state index contributed by atoms with van der Waals surface area (Å²) in [7, 11) is 0. The Morgan fingerprint density at radius 1 is 1.52 bits per heavy atom. The third-order valence-corrected chi connectivity index (χ3v) is 3.56. The smallest absolute Gasteiger partial charge is 0.327 e. The molecule has 0 aromatic heterocycles. The van der Waals surface area contributed by atoms with Gasteiger partial charge in [-0.15, -0.1) is 0 Å². The van der Waals surface area contributed by atoms with Gasteiger partial charge in [-0.1, -0.05) is 12.1 Å². The molecule has 0 fully saturated rings. The normalized spacial score (nSPS) is 11.7. The van der Waals surface area contributed by atoms with Crippen LogP contribution in [0.3, 0.4) is 0 Å². The Bertz CT molecular complexity index is 567. The maximum absolute atomic E-state index is 13.8. The number of carbonyl (C=O) groups is 2. The molecule has 1 aromatic carbocycles. The Morgan fingerprint density at radius 3 is 2.71 bits per heavy atom. The first-order valence-electron chi connectivity index (χ1n) is 5.82. The van der Waals surface area contributed by atoms with Crippen LogP contribution in [-0.2, 0) is 15.3 Å². The summed E-state index contributed by atoms with van der Waals surface area (Å²) in [5.41, 5.74) is -0.508. The van der Waals surface area contributed by atoms with Crippen molar-refractivity contribution in [2.24, 2.45) is 0 Å². The van der Waals surface area contributed by atoms with Crippen LogP contribution in [0.4, 0.5) is 10.1 Å². The van der Waals surface area contributed by atoms with Crippen molar-refractivity contribution in [2.45, 2.75) is 18.7 Å². The first-order valence-corrected chi connectivity index (χ1v) is 6.97. The fraction of sp³-hybridized carbons (Fsp3) is 0.333. The summed E-state index contributed by atoms with van der Waals surface area (Å²) in [6.45, 7) is 1.20. The lowest BCUT2D eigenvalue weighted by atomic mass is 10.2. The molecule has 0 aliphatic rings. The molecule has 21 heavy (non-hydrogen) atoms. The van der Waals surface area contributed by atoms with Gasteiger partial charge in [-0.2, -0.15) is 16.2 Å². The fourth-order valence-electron chi connectivity index (χ4n) is 1.53. The number of nitrogens with zero attached hydrogens (tertiary/aromatic N) is 1. The molecule has 1 rings (SSSR count). The molecule has 0 spiro atoms.